The van der Waals surface area contributed by atoms with Crippen molar-refractivity contribution in [2.24, 2.45) is 0 Å². The van der Waals surface area contributed by atoms with Crippen LogP contribution in [0.15, 0.2) is 29.2 Å². The lowest BCUT2D eigenvalue weighted by Gasteiger charge is -2.00. The second-order valence-corrected chi connectivity index (χ2v) is 3.67. The van der Waals surface area contributed by atoms with Crippen LogP contribution in [0.5, 0.6) is 0 Å². The zero-order chi connectivity index (χ0) is 10.1. The monoisotopic (exact) mass is 232 g/mol. The van der Waals surface area contributed by atoms with E-state index in [4.69, 9.17) is 9.66 Å². The van der Waals surface area contributed by atoms with Gasteiger partial charge >= 0.3 is 5.97 Å². The van der Waals surface area contributed by atoms with Gasteiger partial charge in [-0.3, -0.25) is 4.55 Å². The van der Waals surface area contributed by atoms with Crippen LogP contribution in [0.1, 0.15) is 10.4 Å². The van der Waals surface area contributed by atoms with E-state index in [0.717, 1.165) is 12.1 Å². The first-order valence-corrected chi connectivity index (χ1v) is 4.67. The van der Waals surface area contributed by atoms with Crippen LogP contribution in [-0.4, -0.2) is 41.4 Å². The van der Waals surface area contributed by atoms with Crippen molar-refractivity contribution >= 4 is 33.4 Å². The summed E-state index contributed by atoms with van der Waals surface area (Å²) in [7, 11) is -4.46. The van der Waals surface area contributed by atoms with Gasteiger partial charge in [0.05, 0.1) is 5.56 Å². The number of rotatable bonds is 2. The van der Waals surface area contributed by atoms with Gasteiger partial charge < -0.3 is 5.11 Å². The molecule has 0 aliphatic rings. The van der Waals surface area contributed by atoms with E-state index in [1.165, 1.54) is 12.1 Å². The molecule has 0 aliphatic heterocycles. The van der Waals surface area contributed by atoms with E-state index in [1.807, 2.05) is 0 Å². The van der Waals surface area contributed by atoms with Crippen LogP contribution in [0.3, 0.4) is 0 Å². The zero-order valence-electron chi connectivity index (χ0n) is 6.34. The molecule has 0 spiro atoms. The molecular weight excluding hydrogens is 223 g/mol. The first-order valence-electron chi connectivity index (χ1n) is 3.23. The van der Waals surface area contributed by atoms with E-state index in [9.17, 15) is 13.2 Å². The van der Waals surface area contributed by atoms with E-state index in [1.54, 1.807) is 0 Å². The van der Waals surface area contributed by atoms with Gasteiger partial charge in [0.2, 0.25) is 0 Å². The van der Waals surface area contributed by atoms with Gasteiger partial charge in [-0.1, -0.05) is 12.1 Å². The summed E-state index contributed by atoms with van der Waals surface area (Å²) in [5.41, 5.74) is -0.440. The van der Waals surface area contributed by atoms with Crippen molar-refractivity contribution < 1.29 is 22.9 Å². The van der Waals surface area contributed by atoms with E-state index in [-0.39, 0.29) is 17.4 Å². The maximum absolute atomic E-state index is 10.7. The second kappa shape index (κ2) is 4.57. The van der Waals surface area contributed by atoms with Gasteiger partial charge in [-0.25, -0.2) is 4.79 Å². The molecule has 0 saturated carbocycles. The third kappa shape index (κ3) is 2.82. The Labute approximate surface area is 91.3 Å². The molecule has 0 heterocycles. The molecule has 0 aliphatic carbocycles. The summed E-state index contributed by atoms with van der Waals surface area (Å²) in [5.74, 6) is -1.40. The largest absolute Gasteiger partial charge is 0.478 e. The first kappa shape index (κ1) is 13.1. The minimum Gasteiger partial charge on any atom is -0.478 e. The second-order valence-electron chi connectivity index (χ2n) is 2.28. The summed E-state index contributed by atoms with van der Waals surface area (Å²) < 4.78 is 29.9. The molecular formula is C7H9AlO5S. The number of hydrogen-bond donors (Lipinski definition) is 2. The molecule has 0 aromatic heterocycles. The van der Waals surface area contributed by atoms with E-state index >= 15 is 0 Å². The summed E-state index contributed by atoms with van der Waals surface area (Å²) in [6.45, 7) is 0. The van der Waals surface area contributed by atoms with Crippen LogP contribution in [0, 0.1) is 0 Å². The van der Waals surface area contributed by atoms with Gasteiger partial charge in [0.25, 0.3) is 10.1 Å². The number of benzene rings is 1. The van der Waals surface area contributed by atoms with Gasteiger partial charge in [-0.2, -0.15) is 8.42 Å². The van der Waals surface area contributed by atoms with Crippen LogP contribution >= 0.6 is 0 Å². The summed E-state index contributed by atoms with van der Waals surface area (Å²) in [4.78, 5) is 9.90. The standard InChI is InChI=1S/C7H6O5S.Al.3H/c8-7(9)5-3-1-2-4-6(5)13(10,11)12;;;;/h1-4H,(H,8,9)(H,10,11,12);;;;. The quantitative estimate of drug-likeness (QED) is 0.527. The van der Waals surface area contributed by atoms with Crippen LogP contribution < -0.4 is 0 Å². The zero-order valence-corrected chi connectivity index (χ0v) is 7.15. The van der Waals surface area contributed by atoms with Crippen LogP contribution in [-0.2, 0) is 10.1 Å². The van der Waals surface area contributed by atoms with Crippen LogP contribution in [0.4, 0.5) is 0 Å². The average Bonchev–Trinajstić information content (AvgIpc) is 2.03. The minimum atomic E-state index is -4.46. The van der Waals surface area contributed by atoms with Crippen LogP contribution in [0.2, 0.25) is 0 Å². The fourth-order valence-electron chi connectivity index (χ4n) is 0.868. The Bertz CT molecular complexity index is 439. The Kier molecular flexibility index (Phi) is 4.29. The third-order valence-corrected chi connectivity index (χ3v) is 2.31. The molecule has 14 heavy (non-hydrogen) atoms. The first-order chi connectivity index (χ1) is 5.93. The summed E-state index contributed by atoms with van der Waals surface area (Å²) in [6, 6.07) is 4.83. The molecule has 76 valence electrons. The number of aromatic carboxylic acids is 1. The molecule has 0 bridgehead atoms. The fourth-order valence-corrected chi connectivity index (χ4v) is 1.55. The van der Waals surface area contributed by atoms with Crippen molar-refractivity contribution in [2.45, 2.75) is 4.90 Å². The van der Waals surface area contributed by atoms with Gasteiger partial charge in [-0.15, -0.1) is 0 Å². The van der Waals surface area contributed by atoms with Crippen molar-refractivity contribution in [1.29, 1.82) is 0 Å². The topological polar surface area (TPSA) is 91.7 Å². The molecule has 0 unspecified atom stereocenters. The molecule has 2 N–H and O–H groups in total. The Balaban J connectivity index is 0.00000169. The number of carboxylic acids is 1. The number of carbonyl (C=O) groups is 1. The Morgan fingerprint density at radius 2 is 1.71 bits per heavy atom. The highest BCUT2D eigenvalue weighted by Crippen LogP contribution is 2.14. The van der Waals surface area contributed by atoms with Gasteiger partial charge in [0.15, 0.2) is 17.4 Å². The summed E-state index contributed by atoms with van der Waals surface area (Å²) >= 11 is 0. The third-order valence-electron chi connectivity index (χ3n) is 1.40. The lowest BCUT2D eigenvalue weighted by molar-refractivity contribution is 0.0692. The Morgan fingerprint density at radius 3 is 2.07 bits per heavy atom. The Hall–Kier alpha value is -0.868. The van der Waals surface area contributed by atoms with Crippen LogP contribution in [0.25, 0.3) is 0 Å². The predicted molar refractivity (Wildman–Crippen MR) is 53.2 cm³/mol. The smallest absolute Gasteiger partial charge is 0.337 e. The highest BCUT2D eigenvalue weighted by Gasteiger charge is 2.18. The normalized spacial score (nSPS) is 10.4. The molecule has 0 radical (unpaired) electrons. The molecule has 0 saturated heterocycles. The molecule has 7 heteroatoms. The van der Waals surface area contributed by atoms with Crippen molar-refractivity contribution in [1.82, 2.24) is 0 Å². The highest BCUT2D eigenvalue weighted by molar-refractivity contribution is 7.86. The molecule has 1 rings (SSSR count). The molecule has 0 amide bonds. The molecule has 5 nitrogen and oxygen atoms in total. The maximum atomic E-state index is 10.7. The van der Waals surface area contributed by atoms with Gasteiger partial charge in [0.1, 0.15) is 4.90 Å². The van der Waals surface area contributed by atoms with Crippen molar-refractivity contribution in [3.8, 4) is 0 Å². The number of hydrogen-bond acceptors (Lipinski definition) is 3. The van der Waals surface area contributed by atoms with E-state index in [0.29, 0.717) is 0 Å². The Morgan fingerprint density at radius 1 is 1.21 bits per heavy atom. The molecule has 1 aromatic rings. The fraction of sp³-hybridized carbons (Fsp3) is 0. The summed E-state index contributed by atoms with van der Waals surface area (Å²) in [6.07, 6.45) is 0. The van der Waals surface area contributed by atoms with Gasteiger partial charge in [0, 0.05) is 0 Å². The van der Waals surface area contributed by atoms with Gasteiger partial charge in [-0.05, 0) is 12.1 Å². The lowest BCUT2D eigenvalue weighted by atomic mass is 10.2. The van der Waals surface area contributed by atoms with Crippen molar-refractivity contribution in [3.63, 3.8) is 0 Å². The highest BCUT2D eigenvalue weighted by atomic mass is 32.2. The average molecular weight is 232 g/mol. The van der Waals surface area contributed by atoms with Crippen molar-refractivity contribution in [3.05, 3.63) is 29.8 Å². The molecule has 0 fully saturated rings. The summed E-state index contributed by atoms with van der Waals surface area (Å²) in [5, 5.41) is 8.55. The van der Waals surface area contributed by atoms with Crippen molar-refractivity contribution in [2.75, 3.05) is 0 Å². The molecule has 0 atom stereocenters. The number of carboxylic acid groups (broad SMARTS) is 1. The molecule has 1 aromatic carbocycles. The predicted octanol–water partition coefficient (Wildman–Crippen LogP) is -0.552. The van der Waals surface area contributed by atoms with E-state index in [2.05, 4.69) is 0 Å². The minimum absolute atomic E-state index is 0. The maximum Gasteiger partial charge on any atom is 0.337 e. The van der Waals surface area contributed by atoms with E-state index < -0.39 is 26.5 Å². The SMILES string of the molecule is O=C(O)c1ccccc1S(=O)(=O)O.[AlH3]. The lowest BCUT2D eigenvalue weighted by Crippen LogP contribution is -2.07.